The molecule has 1 N–H and O–H groups in total. The van der Waals surface area contributed by atoms with E-state index in [4.69, 9.17) is 0 Å². The SMILES string of the molecule is CCc1ccc(NC(=O)c2nn3c(C)nnc3s2)cc1. The summed E-state index contributed by atoms with van der Waals surface area (Å²) in [5.74, 6) is 0.437. The van der Waals surface area contributed by atoms with E-state index in [1.807, 2.05) is 24.3 Å². The molecule has 2 aromatic heterocycles. The van der Waals surface area contributed by atoms with Gasteiger partial charge in [-0.1, -0.05) is 30.4 Å². The molecule has 1 aromatic carbocycles. The highest BCUT2D eigenvalue weighted by Gasteiger charge is 2.15. The molecule has 0 fully saturated rings. The molecule has 3 aromatic rings. The Morgan fingerprint density at radius 1 is 1.30 bits per heavy atom. The topological polar surface area (TPSA) is 72.2 Å². The first kappa shape index (κ1) is 12.7. The predicted octanol–water partition coefficient (Wildman–Crippen LogP) is 2.31. The molecule has 0 unspecified atom stereocenters. The van der Waals surface area contributed by atoms with Gasteiger partial charge < -0.3 is 5.32 Å². The largest absolute Gasteiger partial charge is 0.320 e. The molecule has 0 spiro atoms. The van der Waals surface area contributed by atoms with Crippen LogP contribution in [-0.2, 0) is 6.42 Å². The molecule has 0 radical (unpaired) electrons. The van der Waals surface area contributed by atoms with Crippen LogP contribution in [-0.4, -0.2) is 25.7 Å². The number of fused-ring (bicyclic) bond motifs is 1. The lowest BCUT2D eigenvalue weighted by atomic mass is 10.1. The van der Waals surface area contributed by atoms with Crippen molar-refractivity contribution in [3.63, 3.8) is 0 Å². The molecule has 2 heterocycles. The molecular weight excluding hydrogens is 274 g/mol. The maximum absolute atomic E-state index is 12.1. The van der Waals surface area contributed by atoms with Crippen LogP contribution in [0.5, 0.6) is 0 Å². The van der Waals surface area contributed by atoms with Crippen molar-refractivity contribution < 1.29 is 4.79 Å². The minimum Gasteiger partial charge on any atom is -0.320 e. The van der Waals surface area contributed by atoms with Crippen LogP contribution in [0.3, 0.4) is 0 Å². The molecule has 6 nitrogen and oxygen atoms in total. The summed E-state index contributed by atoms with van der Waals surface area (Å²) < 4.78 is 1.57. The van der Waals surface area contributed by atoms with Gasteiger partial charge in [-0.05, 0) is 31.0 Å². The first-order chi connectivity index (χ1) is 9.67. The van der Waals surface area contributed by atoms with Crippen molar-refractivity contribution in [1.29, 1.82) is 0 Å². The van der Waals surface area contributed by atoms with Crippen LogP contribution in [0.15, 0.2) is 24.3 Å². The number of carbonyl (C=O) groups excluding carboxylic acids is 1. The van der Waals surface area contributed by atoms with Crippen molar-refractivity contribution in [3.8, 4) is 0 Å². The van der Waals surface area contributed by atoms with Crippen molar-refractivity contribution in [3.05, 3.63) is 40.7 Å². The summed E-state index contributed by atoms with van der Waals surface area (Å²) in [5.41, 5.74) is 1.99. The van der Waals surface area contributed by atoms with Crippen LogP contribution >= 0.6 is 11.3 Å². The number of nitrogens with one attached hydrogen (secondary N) is 1. The van der Waals surface area contributed by atoms with E-state index in [0.717, 1.165) is 12.1 Å². The quantitative estimate of drug-likeness (QED) is 0.802. The Morgan fingerprint density at radius 3 is 2.70 bits per heavy atom. The summed E-state index contributed by atoms with van der Waals surface area (Å²) in [4.78, 5) is 12.7. The van der Waals surface area contributed by atoms with E-state index in [2.05, 4.69) is 27.5 Å². The predicted molar refractivity (Wildman–Crippen MR) is 77.2 cm³/mol. The second-order valence-corrected chi connectivity index (χ2v) is 5.31. The molecule has 0 bridgehead atoms. The number of nitrogens with zero attached hydrogens (tertiary/aromatic N) is 4. The summed E-state index contributed by atoms with van der Waals surface area (Å²) in [6, 6.07) is 7.78. The zero-order valence-electron chi connectivity index (χ0n) is 11.1. The van der Waals surface area contributed by atoms with Crippen molar-refractivity contribution in [2.24, 2.45) is 0 Å². The molecule has 0 aliphatic carbocycles. The fraction of sp³-hybridized carbons (Fsp3) is 0.231. The van der Waals surface area contributed by atoms with E-state index < -0.39 is 0 Å². The zero-order valence-corrected chi connectivity index (χ0v) is 11.9. The Morgan fingerprint density at radius 2 is 2.05 bits per heavy atom. The monoisotopic (exact) mass is 287 g/mol. The Labute approximate surface area is 119 Å². The highest BCUT2D eigenvalue weighted by atomic mass is 32.1. The lowest BCUT2D eigenvalue weighted by Crippen LogP contribution is -2.12. The number of aromatic nitrogens is 4. The Hall–Kier alpha value is -2.28. The first-order valence-electron chi connectivity index (χ1n) is 6.26. The Balaban J connectivity index is 1.80. The van der Waals surface area contributed by atoms with Gasteiger partial charge in [0.05, 0.1) is 0 Å². The van der Waals surface area contributed by atoms with Gasteiger partial charge in [-0.2, -0.15) is 4.52 Å². The van der Waals surface area contributed by atoms with Crippen LogP contribution in [0, 0.1) is 6.92 Å². The number of benzene rings is 1. The normalized spacial score (nSPS) is 10.9. The van der Waals surface area contributed by atoms with Crippen molar-refractivity contribution in [1.82, 2.24) is 19.8 Å². The van der Waals surface area contributed by atoms with Gasteiger partial charge in [0.15, 0.2) is 5.82 Å². The number of amides is 1. The number of aryl methyl sites for hydroxylation is 2. The van der Waals surface area contributed by atoms with E-state index in [1.54, 1.807) is 11.4 Å². The molecule has 0 aliphatic heterocycles. The van der Waals surface area contributed by atoms with E-state index >= 15 is 0 Å². The zero-order chi connectivity index (χ0) is 14.1. The number of hydrogen-bond donors (Lipinski definition) is 1. The van der Waals surface area contributed by atoms with Crippen LogP contribution in [0.25, 0.3) is 4.96 Å². The summed E-state index contributed by atoms with van der Waals surface area (Å²) in [6.07, 6.45) is 0.976. The summed E-state index contributed by atoms with van der Waals surface area (Å²) >= 11 is 1.22. The maximum Gasteiger partial charge on any atom is 0.286 e. The van der Waals surface area contributed by atoms with Crippen molar-refractivity contribution >= 4 is 27.9 Å². The van der Waals surface area contributed by atoms with Gasteiger partial charge in [0.25, 0.3) is 5.91 Å². The van der Waals surface area contributed by atoms with E-state index in [0.29, 0.717) is 15.8 Å². The lowest BCUT2D eigenvalue weighted by molar-refractivity contribution is 0.102. The van der Waals surface area contributed by atoms with Crippen LogP contribution in [0.4, 0.5) is 5.69 Å². The summed E-state index contributed by atoms with van der Waals surface area (Å²) in [5, 5.41) is 15.2. The first-order valence-corrected chi connectivity index (χ1v) is 7.08. The van der Waals surface area contributed by atoms with Crippen LogP contribution in [0.1, 0.15) is 28.1 Å². The highest BCUT2D eigenvalue weighted by Crippen LogP contribution is 2.16. The fourth-order valence-electron chi connectivity index (χ4n) is 1.81. The Bertz CT molecular complexity index is 759. The molecule has 102 valence electrons. The molecule has 0 atom stereocenters. The van der Waals surface area contributed by atoms with Gasteiger partial charge >= 0.3 is 0 Å². The average molecular weight is 287 g/mol. The summed E-state index contributed by atoms with van der Waals surface area (Å²) in [6.45, 7) is 3.89. The van der Waals surface area contributed by atoms with Gasteiger partial charge in [0, 0.05) is 5.69 Å². The van der Waals surface area contributed by atoms with E-state index in [9.17, 15) is 4.79 Å². The minimum atomic E-state index is -0.232. The van der Waals surface area contributed by atoms with Gasteiger partial charge in [0.2, 0.25) is 9.97 Å². The molecule has 0 aliphatic rings. The minimum absolute atomic E-state index is 0.232. The standard InChI is InChI=1S/C13H13N5OS/c1-3-9-4-6-10(7-5-9)14-11(19)12-17-18-8(2)15-16-13(18)20-12/h4-7H,3H2,1-2H3,(H,14,19). The van der Waals surface area contributed by atoms with Gasteiger partial charge in [-0.15, -0.1) is 15.3 Å². The molecular formula is C13H13N5OS. The van der Waals surface area contributed by atoms with E-state index in [-0.39, 0.29) is 5.91 Å². The van der Waals surface area contributed by atoms with Gasteiger partial charge in [-0.25, -0.2) is 0 Å². The Kier molecular flexibility index (Phi) is 3.19. The third-order valence-electron chi connectivity index (χ3n) is 2.96. The molecule has 0 saturated heterocycles. The number of hydrogen-bond acceptors (Lipinski definition) is 5. The van der Waals surface area contributed by atoms with Gasteiger partial charge in [-0.3, -0.25) is 4.79 Å². The summed E-state index contributed by atoms with van der Waals surface area (Å²) in [7, 11) is 0. The van der Waals surface area contributed by atoms with E-state index in [1.165, 1.54) is 16.9 Å². The van der Waals surface area contributed by atoms with Crippen molar-refractivity contribution in [2.45, 2.75) is 20.3 Å². The fourth-order valence-corrected chi connectivity index (χ4v) is 2.60. The highest BCUT2D eigenvalue weighted by molar-refractivity contribution is 7.18. The number of anilines is 1. The number of carbonyl (C=O) groups is 1. The second kappa shape index (κ2) is 5.01. The molecule has 7 heteroatoms. The van der Waals surface area contributed by atoms with Crippen molar-refractivity contribution in [2.75, 3.05) is 5.32 Å². The second-order valence-electron chi connectivity index (χ2n) is 4.35. The molecule has 0 saturated carbocycles. The molecule has 1 amide bonds. The van der Waals surface area contributed by atoms with Crippen LogP contribution in [0.2, 0.25) is 0 Å². The lowest BCUT2D eigenvalue weighted by Gasteiger charge is -2.03. The third-order valence-corrected chi connectivity index (χ3v) is 3.86. The number of rotatable bonds is 3. The molecule has 3 rings (SSSR count). The molecule has 20 heavy (non-hydrogen) atoms. The maximum atomic E-state index is 12.1. The van der Waals surface area contributed by atoms with Gasteiger partial charge in [0.1, 0.15) is 0 Å². The third kappa shape index (κ3) is 2.27. The average Bonchev–Trinajstić information content (AvgIpc) is 3.02. The smallest absolute Gasteiger partial charge is 0.286 e. The van der Waals surface area contributed by atoms with Crippen LogP contribution < -0.4 is 5.32 Å².